The lowest BCUT2D eigenvalue weighted by Crippen LogP contribution is -2.11. The lowest BCUT2D eigenvalue weighted by molar-refractivity contribution is 0.0891. The van der Waals surface area contributed by atoms with Crippen LogP contribution in [-0.4, -0.2) is 29.1 Å². The molecule has 1 unspecified atom stereocenters. The number of hydrogen-bond acceptors (Lipinski definition) is 5. The molecule has 0 spiro atoms. The first kappa shape index (κ1) is 19.6. The van der Waals surface area contributed by atoms with E-state index in [-0.39, 0.29) is 24.0 Å². The summed E-state index contributed by atoms with van der Waals surface area (Å²) in [7, 11) is 0. The van der Waals surface area contributed by atoms with Gasteiger partial charge < -0.3 is 0 Å². The zero-order valence-electron chi connectivity index (χ0n) is 16.7. The number of nitrogens with zero attached hydrogens (tertiary/aromatic N) is 3. The van der Waals surface area contributed by atoms with E-state index >= 15 is 0 Å². The van der Waals surface area contributed by atoms with Crippen molar-refractivity contribution in [1.29, 1.82) is 0 Å². The molecular formula is C25H21N3O2. The fourth-order valence-electron chi connectivity index (χ4n) is 3.45. The summed E-state index contributed by atoms with van der Waals surface area (Å²) >= 11 is 0. The smallest absolute Gasteiger partial charge is 0.188 e. The number of aliphatic imine (C=N–C) groups is 2. The fourth-order valence-corrected chi connectivity index (χ4v) is 3.45. The number of carbonyl (C=O) groups excluding carboxylic acids is 2. The first-order valence-corrected chi connectivity index (χ1v) is 9.80. The maximum absolute atomic E-state index is 13.0. The molecule has 148 valence electrons. The Morgan fingerprint density at radius 2 is 1.77 bits per heavy atom. The van der Waals surface area contributed by atoms with Crippen molar-refractivity contribution >= 4 is 24.1 Å². The molecule has 5 heteroatoms. The van der Waals surface area contributed by atoms with Crippen molar-refractivity contribution in [3.63, 3.8) is 0 Å². The van der Waals surface area contributed by atoms with Crippen LogP contribution in [0.3, 0.4) is 0 Å². The Morgan fingerprint density at radius 3 is 2.50 bits per heavy atom. The van der Waals surface area contributed by atoms with Gasteiger partial charge in [-0.1, -0.05) is 36.4 Å². The van der Waals surface area contributed by atoms with E-state index in [2.05, 4.69) is 27.1 Å². The van der Waals surface area contributed by atoms with Gasteiger partial charge in [-0.2, -0.15) is 0 Å². The standard InChI is InChI=1S/C25H21N3O2/c1-17-7-8-27-22(9-17)25(30)14-24(29)21-12-19(10-18-5-3-2-4-6-18)11-20(13-21)23-15-26-16-28-23/h2-9,11-13,15-16,23H,10,14H2,1H3. The molecule has 1 aliphatic rings. The topological polar surface area (TPSA) is 71.8 Å². The minimum Gasteiger partial charge on any atom is -0.294 e. The van der Waals surface area contributed by atoms with Gasteiger partial charge >= 0.3 is 0 Å². The summed E-state index contributed by atoms with van der Waals surface area (Å²) in [4.78, 5) is 38.0. The molecule has 0 saturated carbocycles. The number of rotatable bonds is 7. The molecule has 0 amide bonds. The lowest BCUT2D eigenvalue weighted by Gasteiger charge is -2.11. The lowest BCUT2D eigenvalue weighted by atomic mass is 9.94. The summed E-state index contributed by atoms with van der Waals surface area (Å²) in [6.07, 6.45) is 5.33. The van der Waals surface area contributed by atoms with Gasteiger partial charge in [-0.25, -0.2) is 4.99 Å². The third kappa shape index (κ3) is 4.63. The normalized spacial score (nSPS) is 14.8. The van der Waals surface area contributed by atoms with Gasteiger partial charge in [0.25, 0.3) is 0 Å². The van der Waals surface area contributed by atoms with Crippen molar-refractivity contribution in [3.8, 4) is 0 Å². The van der Waals surface area contributed by atoms with E-state index in [1.807, 2.05) is 49.4 Å². The first-order chi connectivity index (χ1) is 14.6. The second-order valence-electron chi connectivity index (χ2n) is 7.37. The molecular weight excluding hydrogens is 374 g/mol. The summed E-state index contributed by atoms with van der Waals surface area (Å²) in [6.45, 7) is 1.89. The number of benzene rings is 2. The molecule has 0 fully saturated rings. The Morgan fingerprint density at radius 1 is 0.933 bits per heavy atom. The maximum atomic E-state index is 13.0. The van der Waals surface area contributed by atoms with Crippen LogP contribution in [0.5, 0.6) is 0 Å². The predicted octanol–water partition coefficient (Wildman–Crippen LogP) is 4.59. The summed E-state index contributed by atoms with van der Waals surface area (Å²) in [5.41, 5.74) is 4.80. The second-order valence-corrected chi connectivity index (χ2v) is 7.37. The molecule has 4 rings (SSSR count). The number of aromatic nitrogens is 1. The highest BCUT2D eigenvalue weighted by molar-refractivity contribution is 6.13. The van der Waals surface area contributed by atoms with Crippen molar-refractivity contribution in [2.75, 3.05) is 0 Å². The van der Waals surface area contributed by atoms with E-state index in [4.69, 9.17) is 0 Å². The Labute approximate surface area is 175 Å². The highest BCUT2D eigenvalue weighted by Gasteiger charge is 2.19. The number of ketones is 2. The van der Waals surface area contributed by atoms with Gasteiger partial charge in [-0.3, -0.25) is 19.6 Å². The largest absolute Gasteiger partial charge is 0.294 e. The van der Waals surface area contributed by atoms with E-state index in [1.165, 1.54) is 6.34 Å². The zero-order valence-corrected chi connectivity index (χ0v) is 16.7. The van der Waals surface area contributed by atoms with Gasteiger partial charge in [0.15, 0.2) is 11.6 Å². The predicted molar refractivity (Wildman–Crippen MR) is 118 cm³/mol. The molecule has 3 aromatic rings. The van der Waals surface area contributed by atoms with Crippen molar-refractivity contribution in [1.82, 2.24) is 4.98 Å². The molecule has 0 N–H and O–H groups in total. The van der Waals surface area contributed by atoms with Crippen LogP contribution in [0.15, 0.2) is 76.8 Å². The molecule has 0 bridgehead atoms. The Kier molecular flexibility index (Phi) is 5.70. The van der Waals surface area contributed by atoms with Crippen LogP contribution >= 0.6 is 0 Å². The molecule has 5 nitrogen and oxygen atoms in total. The molecule has 30 heavy (non-hydrogen) atoms. The van der Waals surface area contributed by atoms with Crippen LogP contribution in [-0.2, 0) is 6.42 Å². The summed E-state index contributed by atoms with van der Waals surface area (Å²) in [5.74, 6) is -0.502. The second kappa shape index (κ2) is 8.74. The van der Waals surface area contributed by atoms with Gasteiger partial charge in [0.1, 0.15) is 18.1 Å². The SMILES string of the molecule is Cc1ccnc(C(=O)CC(=O)c2cc(Cc3ccccc3)cc(C3C=NC=N3)c2)c1. The monoisotopic (exact) mass is 395 g/mol. The van der Waals surface area contributed by atoms with E-state index in [9.17, 15) is 9.59 Å². The maximum Gasteiger partial charge on any atom is 0.188 e. The molecule has 2 aromatic carbocycles. The van der Waals surface area contributed by atoms with E-state index in [1.54, 1.807) is 18.5 Å². The molecule has 1 aromatic heterocycles. The van der Waals surface area contributed by atoms with Crippen LogP contribution in [0.1, 0.15) is 55.6 Å². The highest BCUT2D eigenvalue weighted by atomic mass is 16.1. The molecule has 0 saturated heterocycles. The summed E-state index contributed by atoms with van der Waals surface area (Å²) < 4.78 is 0. The van der Waals surface area contributed by atoms with Gasteiger partial charge in [-0.05, 0) is 59.9 Å². The minimum absolute atomic E-state index is 0.207. The number of carbonyl (C=O) groups is 2. The number of Topliss-reactive ketones (excluding diaryl/α,β-unsaturated/α-hetero) is 2. The van der Waals surface area contributed by atoms with Crippen LogP contribution in [0, 0.1) is 6.92 Å². The fraction of sp³-hybridized carbons (Fsp3) is 0.160. The van der Waals surface area contributed by atoms with Gasteiger partial charge in [0.2, 0.25) is 0 Å². The summed E-state index contributed by atoms with van der Waals surface area (Å²) in [5, 5.41) is 0. The minimum atomic E-state index is -0.279. The number of pyridine rings is 1. The average Bonchev–Trinajstić information content (AvgIpc) is 3.29. The third-order valence-electron chi connectivity index (χ3n) is 4.97. The quantitative estimate of drug-likeness (QED) is 0.434. The molecule has 0 aliphatic carbocycles. The number of hydrogen-bond donors (Lipinski definition) is 0. The molecule has 0 radical (unpaired) electrons. The van der Waals surface area contributed by atoms with Crippen molar-refractivity contribution in [2.24, 2.45) is 9.98 Å². The Balaban J connectivity index is 1.62. The number of aryl methyl sites for hydroxylation is 1. The van der Waals surface area contributed by atoms with Crippen molar-refractivity contribution < 1.29 is 9.59 Å². The first-order valence-electron chi connectivity index (χ1n) is 9.80. The highest BCUT2D eigenvalue weighted by Crippen LogP contribution is 2.24. The zero-order chi connectivity index (χ0) is 20.9. The average molecular weight is 395 g/mol. The summed E-state index contributed by atoms with van der Waals surface area (Å²) in [6, 6.07) is 19.1. The third-order valence-corrected chi connectivity index (χ3v) is 4.97. The van der Waals surface area contributed by atoms with Crippen molar-refractivity contribution in [3.05, 3.63) is 100 Å². The molecule has 2 heterocycles. The Hall–Kier alpha value is -3.73. The van der Waals surface area contributed by atoms with Gasteiger partial charge in [0.05, 0.1) is 6.42 Å². The van der Waals surface area contributed by atoms with E-state index in [0.29, 0.717) is 17.7 Å². The van der Waals surface area contributed by atoms with E-state index in [0.717, 1.165) is 22.3 Å². The Bertz CT molecular complexity index is 1140. The van der Waals surface area contributed by atoms with Gasteiger partial charge in [-0.15, -0.1) is 0 Å². The van der Waals surface area contributed by atoms with Crippen LogP contribution < -0.4 is 0 Å². The molecule has 1 atom stereocenters. The van der Waals surface area contributed by atoms with E-state index < -0.39 is 0 Å². The van der Waals surface area contributed by atoms with Crippen LogP contribution in [0.4, 0.5) is 0 Å². The molecule has 1 aliphatic heterocycles. The van der Waals surface area contributed by atoms with Crippen LogP contribution in [0.25, 0.3) is 0 Å². The van der Waals surface area contributed by atoms with Crippen LogP contribution in [0.2, 0.25) is 0 Å². The van der Waals surface area contributed by atoms with Gasteiger partial charge in [0, 0.05) is 18.0 Å². The van der Waals surface area contributed by atoms with Crippen molar-refractivity contribution in [2.45, 2.75) is 25.8 Å².